The SMILES string of the molecule is COc1ccc(CNC(=O)c2c(C)sc3cc(-c4ccccc4)oc23)cc1. The number of amides is 1. The molecule has 0 aliphatic heterocycles. The standard InChI is InChI=1S/C22H19NO3S/c1-14-20(22(24)23-13-15-8-10-17(25-2)11-9-15)21-19(27-14)12-18(26-21)16-6-4-3-5-7-16/h3-12H,13H2,1-2H3,(H,23,24). The highest BCUT2D eigenvalue weighted by atomic mass is 32.1. The van der Waals surface area contributed by atoms with Crippen LogP contribution in [-0.2, 0) is 6.54 Å². The van der Waals surface area contributed by atoms with E-state index in [1.807, 2.05) is 67.6 Å². The van der Waals surface area contributed by atoms with Crippen molar-refractivity contribution >= 4 is 27.5 Å². The molecule has 2 aromatic carbocycles. The molecule has 0 atom stereocenters. The Kier molecular flexibility index (Phi) is 4.69. The minimum Gasteiger partial charge on any atom is -0.497 e. The normalized spacial score (nSPS) is 10.9. The largest absolute Gasteiger partial charge is 0.497 e. The fraction of sp³-hybridized carbons (Fsp3) is 0.136. The number of rotatable bonds is 5. The Bertz CT molecular complexity index is 1080. The topological polar surface area (TPSA) is 51.5 Å². The van der Waals surface area contributed by atoms with Crippen LogP contribution in [0.25, 0.3) is 21.6 Å². The van der Waals surface area contributed by atoms with Crippen molar-refractivity contribution < 1.29 is 13.9 Å². The lowest BCUT2D eigenvalue weighted by Crippen LogP contribution is -2.23. The lowest BCUT2D eigenvalue weighted by atomic mass is 10.2. The van der Waals surface area contributed by atoms with Crippen LogP contribution in [0.2, 0.25) is 0 Å². The van der Waals surface area contributed by atoms with Gasteiger partial charge in [-0.05, 0) is 24.6 Å². The Balaban J connectivity index is 1.57. The molecule has 2 heterocycles. The molecule has 2 aromatic heterocycles. The minimum absolute atomic E-state index is 0.122. The molecule has 27 heavy (non-hydrogen) atoms. The number of methoxy groups -OCH3 is 1. The highest BCUT2D eigenvalue weighted by molar-refractivity contribution is 7.19. The third kappa shape index (κ3) is 3.46. The lowest BCUT2D eigenvalue weighted by molar-refractivity contribution is 0.0951. The molecule has 0 aliphatic carbocycles. The number of hydrogen-bond donors (Lipinski definition) is 1. The van der Waals surface area contributed by atoms with Crippen molar-refractivity contribution in [3.05, 3.63) is 76.7 Å². The molecular weight excluding hydrogens is 358 g/mol. The number of ether oxygens (including phenoxy) is 1. The second-order valence-corrected chi connectivity index (χ2v) is 7.49. The van der Waals surface area contributed by atoms with E-state index in [1.54, 1.807) is 18.4 Å². The second-order valence-electron chi connectivity index (χ2n) is 6.23. The summed E-state index contributed by atoms with van der Waals surface area (Å²) in [7, 11) is 1.63. The van der Waals surface area contributed by atoms with Crippen molar-refractivity contribution in [3.8, 4) is 17.1 Å². The quantitative estimate of drug-likeness (QED) is 0.506. The molecule has 0 bridgehead atoms. The predicted molar refractivity (Wildman–Crippen MR) is 108 cm³/mol. The molecule has 4 rings (SSSR count). The maximum Gasteiger partial charge on any atom is 0.256 e. The van der Waals surface area contributed by atoms with Gasteiger partial charge in [0.2, 0.25) is 0 Å². The van der Waals surface area contributed by atoms with E-state index in [0.29, 0.717) is 17.7 Å². The smallest absolute Gasteiger partial charge is 0.256 e. The zero-order chi connectivity index (χ0) is 18.8. The molecule has 0 unspecified atom stereocenters. The van der Waals surface area contributed by atoms with Crippen LogP contribution in [0.5, 0.6) is 5.75 Å². The van der Waals surface area contributed by atoms with Crippen molar-refractivity contribution in [2.45, 2.75) is 13.5 Å². The highest BCUT2D eigenvalue weighted by Gasteiger charge is 2.21. The first-order valence-electron chi connectivity index (χ1n) is 8.65. The summed E-state index contributed by atoms with van der Waals surface area (Å²) in [6.07, 6.45) is 0. The van der Waals surface area contributed by atoms with Gasteiger partial charge in [-0.1, -0.05) is 42.5 Å². The third-order valence-corrected chi connectivity index (χ3v) is 5.47. The average Bonchev–Trinajstić information content (AvgIpc) is 3.23. The minimum atomic E-state index is -0.122. The van der Waals surface area contributed by atoms with E-state index in [4.69, 9.17) is 9.15 Å². The summed E-state index contributed by atoms with van der Waals surface area (Å²) in [4.78, 5) is 13.7. The molecule has 136 valence electrons. The molecule has 4 nitrogen and oxygen atoms in total. The molecule has 1 amide bonds. The van der Waals surface area contributed by atoms with Gasteiger partial charge in [0.25, 0.3) is 5.91 Å². The fourth-order valence-electron chi connectivity index (χ4n) is 3.02. The summed E-state index contributed by atoms with van der Waals surface area (Å²) in [5.41, 5.74) is 3.29. The first kappa shape index (κ1) is 17.4. The summed E-state index contributed by atoms with van der Waals surface area (Å²) in [5, 5.41) is 2.99. The van der Waals surface area contributed by atoms with Gasteiger partial charge in [-0.3, -0.25) is 4.79 Å². The number of furan rings is 1. The van der Waals surface area contributed by atoms with E-state index < -0.39 is 0 Å². The summed E-state index contributed by atoms with van der Waals surface area (Å²) in [6, 6.07) is 19.6. The number of aryl methyl sites for hydroxylation is 1. The molecule has 0 saturated carbocycles. The van der Waals surface area contributed by atoms with Gasteiger partial charge in [-0.2, -0.15) is 0 Å². The number of nitrogens with one attached hydrogen (secondary N) is 1. The monoisotopic (exact) mass is 377 g/mol. The van der Waals surface area contributed by atoms with Crippen LogP contribution in [0.4, 0.5) is 0 Å². The number of carbonyl (C=O) groups is 1. The van der Waals surface area contributed by atoms with E-state index in [0.717, 1.165) is 32.2 Å². The van der Waals surface area contributed by atoms with Gasteiger partial charge in [-0.15, -0.1) is 11.3 Å². The summed E-state index contributed by atoms with van der Waals surface area (Å²) < 4.78 is 12.2. The van der Waals surface area contributed by atoms with Gasteiger partial charge < -0.3 is 14.5 Å². The van der Waals surface area contributed by atoms with Gasteiger partial charge in [0.1, 0.15) is 11.5 Å². The van der Waals surface area contributed by atoms with E-state index in [1.165, 1.54) is 0 Å². The number of fused-ring (bicyclic) bond motifs is 1. The van der Waals surface area contributed by atoms with Gasteiger partial charge >= 0.3 is 0 Å². The third-order valence-electron chi connectivity index (χ3n) is 4.44. The van der Waals surface area contributed by atoms with Crippen LogP contribution >= 0.6 is 11.3 Å². The van der Waals surface area contributed by atoms with E-state index in [2.05, 4.69) is 5.32 Å². The van der Waals surface area contributed by atoms with Gasteiger partial charge in [0.05, 0.1) is 17.4 Å². The number of thiophene rings is 1. The molecule has 0 radical (unpaired) electrons. The Morgan fingerprint density at radius 3 is 2.56 bits per heavy atom. The maximum atomic E-state index is 12.8. The van der Waals surface area contributed by atoms with Crippen LogP contribution in [-0.4, -0.2) is 13.0 Å². The zero-order valence-corrected chi connectivity index (χ0v) is 15.9. The van der Waals surface area contributed by atoms with Gasteiger partial charge in [-0.25, -0.2) is 0 Å². The van der Waals surface area contributed by atoms with E-state index in [9.17, 15) is 4.79 Å². The van der Waals surface area contributed by atoms with Gasteiger partial charge in [0.15, 0.2) is 5.58 Å². The Labute approximate surface area is 161 Å². The maximum absolute atomic E-state index is 12.8. The summed E-state index contributed by atoms with van der Waals surface area (Å²) >= 11 is 1.58. The average molecular weight is 377 g/mol. The molecular formula is C22H19NO3S. The van der Waals surface area contributed by atoms with Crippen LogP contribution < -0.4 is 10.1 Å². The lowest BCUT2D eigenvalue weighted by Gasteiger charge is -2.06. The highest BCUT2D eigenvalue weighted by Crippen LogP contribution is 2.36. The number of benzene rings is 2. The van der Waals surface area contributed by atoms with Crippen molar-refractivity contribution in [2.24, 2.45) is 0 Å². The van der Waals surface area contributed by atoms with Gasteiger partial charge in [0, 0.05) is 23.1 Å². The van der Waals surface area contributed by atoms with Crippen molar-refractivity contribution in [3.63, 3.8) is 0 Å². The van der Waals surface area contributed by atoms with Crippen molar-refractivity contribution in [1.29, 1.82) is 0 Å². The van der Waals surface area contributed by atoms with Crippen LogP contribution in [0.1, 0.15) is 20.8 Å². The predicted octanol–water partition coefficient (Wildman–Crippen LogP) is 5.41. The zero-order valence-electron chi connectivity index (χ0n) is 15.1. The molecule has 0 spiro atoms. The Morgan fingerprint density at radius 2 is 1.85 bits per heavy atom. The molecule has 1 N–H and O–H groups in total. The second kappa shape index (κ2) is 7.29. The summed E-state index contributed by atoms with van der Waals surface area (Å²) in [6.45, 7) is 2.40. The first-order chi connectivity index (χ1) is 13.2. The number of hydrogen-bond acceptors (Lipinski definition) is 4. The Hall–Kier alpha value is -3.05. The molecule has 5 heteroatoms. The summed E-state index contributed by atoms with van der Waals surface area (Å²) in [5.74, 6) is 1.45. The van der Waals surface area contributed by atoms with E-state index >= 15 is 0 Å². The van der Waals surface area contributed by atoms with Crippen molar-refractivity contribution in [2.75, 3.05) is 7.11 Å². The van der Waals surface area contributed by atoms with Crippen LogP contribution in [0, 0.1) is 6.92 Å². The van der Waals surface area contributed by atoms with E-state index in [-0.39, 0.29) is 5.91 Å². The molecule has 0 aliphatic rings. The molecule has 0 saturated heterocycles. The molecule has 4 aromatic rings. The Morgan fingerprint density at radius 1 is 1.11 bits per heavy atom. The fourth-order valence-corrected chi connectivity index (χ4v) is 4.04. The molecule has 0 fully saturated rings. The van der Waals surface area contributed by atoms with Crippen molar-refractivity contribution in [1.82, 2.24) is 5.32 Å². The number of carbonyl (C=O) groups excluding carboxylic acids is 1. The van der Waals surface area contributed by atoms with Crippen LogP contribution in [0.3, 0.4) is 0 Å². The van der Waals surface area contributed by atoms with Crippen LogP contribution in [0.15, 0.2) is 65.1 Å². The first-order valence-corrected chi connectivity index (χ1v) is 9.47.